The number of hydrogen-bond donors (Lipinski definition) is 0. The van der Waals surface area contributed by atoms with E-state index >= 15 is 0 Å². The molecule has 3 saturated carbocycles. The topological polar surface area (TPSA) is 76.4 Å². The van der Waals surface area contributed by atoms with E-state index < -0.39 is 0 Å². The van der Waals surface area contributed by atoms with Crippen molar-refractivity contribution in [1.29, 1.82) is 5.26 Å². The summed E-state index contributed by atoms with van der Waals surface area (Å²) in [5.41, 5.74) is 3.62. The Labute approximate surface area is 185 Å². The predicted octanol–water partition coefficient (Wildman–Crippen LogP) is 5.26. The molecule has 0 bridgehead atoms. The van der Waals surface area contributed by atoms with Gasteiger partial charge in [-0.05, 0) is 79.1 Å². The van der Waals surface area contributed by atoms with Crippen molar-refractivity contribution in [1.82, 2.24) is 0 Å². The maximum absolute atomic E-state index is 11.4. The van der Waals surface area contributed by atoms with E-state index in [2.05, 4.69) is 26.0 Å². The molecule has 31 heavy (non-hydrogen) atoms. The third kappa shape index (κ3) is 3.73. The maximum atomic E-state index is 11.4. The van der Waals surface area contributed by atoms with Gasteiger partial charge in [-0.1, -0.05) is 25.5 Å². The fraction of sp³-hybridized carbons (Fsp3) is 0.731. The van der Waals surface area contributed by atoms with Gasteiger partial charge in [0.15, 0.2) is 0 Å². The van der Waals surface area contributed by atoms with Gasteiger partial charge >= 0.3 is 11.9 Å². The van der Waals surface area contributed by atoms with Crippen molar-refractivity contribution in [2.45, 2.75) is 85.2 Å². The van der Waals surface area contributed by atoms with E-state index in [9.17, 15) is 14.9 Å². The third-order valence-corrected chi connectivity index (χ3v) is 9.09. The van der Waals surface area contributed by atoms with Crippen molar-refractivity contribution < 1.29 is 19.1 Å². The predicted molar refractivity (Wildman–Crippen MR) is 117 cm³/mol. The maximum Gasteiger partial charge on any atom is 0.302 e. The Kier molecular flexibility index (Phi) is 5.79. The smallest absolute Gasteiger partial charge is 0.302 e. The van der Waals surface area contributed by atoms with Crippen molar-refractivity contribution in [2.24, 2.45) is 28.6 Å². The SMILES string of the molecule is CC(=O)OC/C(C#N)=C1\CC[C@H]2[C@@H]3CC=C4C[C@@H](OC(C)=O)CC[C@]4(C)[C@H]3CC[C@]12C. The molecule has 5 nitrogen and oxygen atoms in total. The lowest BCUT2D eigenvalue weighted by atomic mass is 9.47. The molecule has 4 rings (SSSR count). The minimum Gasteiger partial charge on any atom is -0.462 e. The second-order valence-electron chi connectivity index (χ2n) is 10.6. The number of carbonyl (C=O) groups is 2. The number of hydrogen-bond acceptors (Lipinski definition) is 5. The van der Waals surface area contributed by atoms with E-state index in [-0.39, 0.29) is 35.5 Å². The zero-order valence-corrected chi connectivity index (χ0v) is 19.3. The Morgan fingerprint density at radius 1 is 1.10 bits per heavy atom. The lowest BCUT2D eigenvalue weighted by molar-refractivity contribution is -0.148. The molecular weight excluding hydrogens is 390 g/mol. The fourth-order valence-corrected chi connectivity index (χ4v) is 7.63. The molecule has 0 unspecified atom stereocenters. The monoisotopic (exact) mass is 425 g/mol. The molecule has 3 fully saturated rings. The highest BCUT2D eigenvalue weighted by Gasteiger charge is 2.57. The van der Waals surface area contributed by atoms with Crippen LogP contribution in [-0.4, -0.2) is 24.6 Å². The Balaban J connectivity index is 1.58. The number of rotatable bonds is 3. The molecule has 0 aliphatic heterocycles. The van der Waals surface area contributed by atoms with Crippen molar-refractivity contribution in [3.63, 3.8) is 0 Å². The van der Waals surface area contributed by atoms with Crippen LogP contribution in [0.1, 0.15) is 79.1 Å². The van der Waals surface area contributed by atoms with Crippen LogP contribution < -0.4 is 0 Å². The van der Waals surface area contributed by atoms with Gasteiger partial charge in [0, 0.05) is 20.3 Å². The van der Waals surface area contributed by atoms with Gasteiger partial charge in [0.1, 0.15) is 12.7 Å². The number of nitriles is 1. The molecule has 4 aliphatic rings. The highest BCUT2D eigenvalue weighted by Crippen LogP contribution is 2.66. The highest BCUT2D eigenvalue weighted by atomic mass is 16.5. The minimum absolute atomic E-state index is 0.0303. The number of allylic oxidation sites excluding steroid dienone is 2. The number of fused-ring (bicyclic) bond motifs is 5. The summed E-state index contributed by atoms with van der Waals surface area (Å²) >= 11 is 0. The van der Waals surface area contributed by atoms with Gasteiger partial charge < -0.3 is 9.47 Å². The first-order valence-electron chi connectivity index (χ1n) is 11.8. The largest absolute Gasteiger partial charge is 0.462 e. The van der Waals surface area contributed by atoms with Gasteiger partial charge in [-0.15, -0.1) is 0 Å². The normalized spacial score (nSPS) is 40.4. The summed E-state index contributed by atoms with van der Waals surface area (Å²) in [5.74, 6) is 1.34. The van der Waals surface area contributed by atoms with E-state index in [0.717, 1.165) is 44.9 Å². The second-order valence-corrected chi connectivity index (χ2v) is 10.6. The molecule has 0 saturated heterocycles. The number of nitrogens with zero attached hydrogens (tertiary/aromatic N) is 1. The van der Waals surface area contributed by atoms with E-state index in [0.29, 0.717) is 23.3 Å². The molecule has 6 atom stereocenters. The average molecular weight is 426 g/mol. The third-order valence-electron chi connectivity index (χ3n) is 9.09. The molecule has 0 spiro atoms. The summed E-state index contributed by atoms with van der Waals surface area (Å²) in [7, 11) is 0. The zero-order chi connectivity index (χ0) is 22.4. The molecule has 168 valence electrons. The summed E-state index contributed by atoms with van der Waals surface area (Å²) < 4.78 is 10.7. The van der Waals surface area contributed by atoms with E-state index in [1.807, 2.05) is 0 Å². The first-order valence-corrected chi connectivity index (χ1v) is 11.8. The summed E-state index contributed by atoms with van der Waals surface area (Å²) in [6.45, 7) is 7.79. The quantitative estimate of drug-likeness (QED) is 0.350. The Hall–Kier alpha value is -2.09. The zero-order valence-electron chi connectivity index (χ0n) is 19.3. The average Bonchev–Trinajstić information content (AvgIpc) is 3.05. The Morgan fingerprint density at radius 3 is 2.48 bits per heavy atom. The van der Waals surface area contributed by atoms with Crippen molar-refractivity contribution in [3.8, 4) is 6.07 Å². The van der Waals surface area contributed by atoms with Gasteiger partial charge in [-0.25, -0.2) is 0 Å². The number of ether oxygens (including phenoxy) is 2. The Bertz CT molecular complexity index is 880. The van der Waals surface area contributed by atoms with E-state index in [1.54, 1.807) is 0 Å². The molecule has 0 N–H and O–H groups in total. The summed E-state index contributed by atoms with van der Waals surface area (Å²) in [4.78, 5) is 22.7. The lowest BCUT2D eigenvalue weighted by Crippen LogP contribution is -2.49. The fourth-order valence-electron chi connectivity index (χ4n) is 7.63. The molecule has 0 aromatic carbocycles. The highest BCUT2D eigenvalue weighted by molar-refractivity contribution is 5.66. The lowest BCUT2D eigenvalue weighted by Gasteiger charge is -2.57. The van der Waals surface area contributed by atoms with Crippen LogP contribution in [0.5, 0.6) is 0 Å². The van der Waals surface area contributed by atoms with Gasteiger partial charge in [0.2, 0.25) is 0 Å². The van der Waals surface area contributed by atoms with Crippen LogP contribution >= 0.6 is 0 Å². The van der Waals surface area contributed by atoms with Crippen LogP contribution in [-0.2, 0) is 19.1 Å². The first-order chi connectivity index (χ1) is 14.7. The number of esters is 2. The van der Waals surface area contributed by atoms with Crippen molar-refractivity contribution >= 4 is 11.9 Å². The number of carbonyl (C=O) groups excluding carboxylic acids is 2. The standard InChI is InChI=1S/C26H35NO4/c1-16(28)30-15-18(14-27)22-7-8-23-21-6-5-19-13-20(31-17(2)29)9-11-25(19,3)24(21)10-12-26(22,23)4/h5,20-21,23-24H,6-13,15H2,1-4H3/b22-18+/t20-,21-,23-,24-,25-,26+/m0/s1. The minimum atomic E-state index is -0.334. The summed E-state index contributed by atoms with van der Waals surface area (Å²) in [5, 5.41) is 9.77. The van der Waals surface area contributed by atoms with Crippen LogP contribution in [0.15, 0.2) is 22.8 Å². The second kappa shape index (κ2) is 8.11. The van der Waals surface area contributed by atoms with Crippen LogP contribution in [0.3, 0.4) is 0 Å². The van der Waals surface area contributed by atoms with Gasteiger partial charge in [0.05, 0.1) is 11.6 Å². The molecular formula is C26H35NO4. The first kappa shape index (κ1) is 22.1. The van der Waals surface area contributed by atoms with Crippen LogP contribution in [0, 0.1) is 39.9 Å². The van der Waals surface area contributed by atoms with Gasteiger partial charge in [-0.2, -0.15) is 5.26 Å². The van der Waals surface area contributed by atoms with Gasteiger partial charge in [-0.3, -0.25) is 9.59 Å². The van der Waals surface area contributed by atoms with E-state index in [1.165, 1.54) is 31.4 Å². The summed E-state index contributed by atoms with van der Waals surface area (Å²) in [6, 6.07) is 2.35. The van der Waals surface area contributed by atoms with Crippen molar-refractivity contribution in [3.05, 3.63) is 22.8 Å². The van der Waals surface area contributed by atoms with Crippen LogP contribution in [0.2, 0.25) is 0 Å². The molecule has 5 heteroatoms. The van der Waals surface area contributed by atoms with Gasteiger partial charge in [0.25, 0.3) is 0 Å². The van der Waals surface area contributed by atoms with E-state index in [4.69, 9.17) is 9.47 Å². The molecule has 4 aliphatic carbocycles. The van der Waals surface area contributed by atoms with Crippen molar-refractivity contribution in [2.75, 3.05) is 6.61 Å². The molecule has 0 amide bonds. The molecule has 0 aromatic rings. The van der Waals surface area contributed by atoms with Crippen LogP contribution in [0.4, 0.5) is 0 Å². The summed E-state index contributed by atoms with van der Waals surface area (Å²) in [6.07, 6.45) is 10.8. The molecule has 0 heterocycles. The Morgan fingerprint density at radius 2 is 1.81 bits per heavy atom. The molecule has 0 aromatic heterocycles. The van der Waals surface area contributed by atoms with Crippen LogP contribution in [0.25, 0.3) is 0 Å². The molecule has 0 radical (unpaired) electrons.